The number of nitrogens with zero attached hydrogens (tertiary/aromatic N) is 1. The molecule has 0 heterocycles. The Morgan fingerprint density at radius 2 is 1.94 bits per heavy atom. The Bertz CT molecular complexity index is 547. The highest BCUT2D eigenvalue weighted by atomic mass is 35.7. The minimum Gasteiger partial charge on any atom is -0.493 e. The second kappa shape index (κ2) is 4.60. The standard InChI is InChI=1S/C9H8ClNO4S/c1-14-8-4-7(16(10,12)13)3-6(5-11)9(8)15-2/h3-4H,1-2H3. The summed E-state index contributed by atoms with van der Waals surface area (Å²) in [6.45, 7) is 0. The van der Waals surface area contributed by atoms with Crippen LogP contribution in [-0.4, -0.2) is 22.6 Å². The zero-order valence-corrected chi connectivity index (χ0v) is 10.1. The number of benzene rings is 1. The van der Waals surface area contributed by atoms with Gasteiger partial charge in [-0.15, -0.1) is 0 Å². The maximum atomic E-state index is 11.1. The Labute approximate surface area is 97.6 Å². The van der Waals surface area contributed by atoms with Crippen LogP contribution in [0.3, 0.4) is 0 Å². The third-order valence-corrected chi connectivity index (χ3v) is 3.19. The average molecular weight is 262 g/mol. The van der Waals surface area contributed by atoms with Gasteiger partial charge >= 0.3 is 0 Å². The first-order valence-electron chi connectivity index (χ1n) is 4.04. The van der Waals surface area contributed by atoms with Crippen LogP contribution in [0.1, 0.15) is 5.56 Å². The minimum atomic E-state index is -3.91. The lowest BCUT2D eigenvalue weighted by Gasteiger charge is -2.09. The molecular weight excluding hydrogens is 254 g/mol. The molecule has 0 bridgehead atoms. The third-order valence-electron chi connectivity index (χ3n) is 1.85. The average Bonchev–Trinajstić information content (AvgIpc) is 2.25. The van der Waals surface area contributed by atoms with E-state index in [1.165, 1.54) is 20.3 Å². The molecule has 0 radical (unpaired) electrons. The highest BCUT2D eigenvalue weighted by Crippen LogP contribution is 2.34. The predicted octanol–water partition coefficient (Wildman–Crippen LogP) is 1.50. The first kappa shape index (κ1) is 12.6. The summed E-state index contributed by atoms with van der Waals surface area (Å²) in [5.74, 6) is 0.315. The summed E-state index contributed by atoms with van der Waals surface area (Å²) in [4.78, 5) is -0.205. The van der Waals surface area contributed by atoms with Crippen LogP contribution in [0.2, 0.25) is 0 Å². The highest BCUT2D eigenvalue weighted by molar-refractivity contribution is 8.13. The molecule has 1 aromatic carbocycles. The summed E-state index contributed by atoms with van der Waals surface area (Å²) >= 11 is 0. The summed E-state index contributed by atoms with van der Waals surface area (Å²) in [7, 11) is 3.96. The van der Waals surface area contributed by atoms with Gasteiger partial charge in [0.05, 0.1) is 24.7 Å². The van der Waals surface area contributed by atoms with E-state index in [0.717, 1.165) is 6.07 Å². The number of ether oxygens (including phenoxy) is 2. The molecule has 0 aliphatic heterocycles. The number of hydrogen-bond donors (Lipinski definition) is 0. The molecule has 0 saturated carbocycles. The van der Waals surface area contributed by atoms with Crippen LogP contribution in [0.15, 0.2) is 17.0 Å². The van der Waals surface area contributed by atoms with Crippen LogP contribution in [0.4, 0.5) is 0 Å². The van der Waals surface area contributed by atoms with Crippen LogP contribution < -0.4 is 9.47 Å². The number of halogens is 1. The maximum absolute atomic E-state index is 11.1. The van der Waals surface area contributed by atoms with Gasteiger partial charge in [0.25, 0.3) is 9.05 Å². The lowest BCUT2D eigenvalue weighted by molar-refractivity contribution is 0.353. The highest BCUT2D eigenvalue weighted by Gasteiger charge is 2.18. The lowest BCUT2D eigenvalue weighted by atomic mass is 10.2. The smallest absolute Gasteiger partial charge is 0.261 e. The molecule has 0 saturated heterocycles. The van der Waals surface area contributed by atoms with Gasteiger partial charge in [-0.2, -0.15) is 5.26 Å². The quantitative estimate of drug-likeness (QED) is 0.771. The van der Waals surface area contributed by atoms with E-state index < -0.39 is 9.05 Å². The van der Waals surface area contributed by atoms with Gasteiger partial charge in [0, 0.05) is 16.7 Å². The monoisotopic (exact) mass is 261 g/mol. The van der Waals surface area contributed by atoms with Crippen molar-refractivity contribution in [1.29, 1.82) is 5.26 Å². The Balaban J connectivity index is 3.58. The molecule has 0 N–H and O–H groups in total. The second-order valence-electron chi connectivity index (χ2n) is 2.76. The van der Waals surface area contributed by atoms with Gasteiger partial charge in [-0.05, 0) is 6.07 Å². The van der Waals surface area contributed by atoms with Gasteiger partial charge in [0.15, 0.2) is 11.5 Å². The number of methoxy groups -OCH3 is 2. The Morgan fingerprint density at radius 1 is 1.31 bits per heavy atom. The van der Waals surface area contributed by atoms with E-state index in [1.807, 2.05) is 0 Å². The molecule has 0 aliphatic carbocycles. The molecule has 0 fully saturated rings. The molecular formula is C9H8ClNO4S. The Kier molecular flexibility index (Phi) is 3.62. The third kappa shape index (κ3) is 2.38. The van der Waals surface area contributed by atoms with Crippen molar-refractivity contribution in [2.24, 2.45) is 0 Å². The molecule has 7 heteroatoms. The van der Waals surface area contributed by atoms with Crippen molar-refractivity contribution < 1.29 is 17.9 Å². The first-order chi connectivity index (χ1) is 7.43. The van der Waals surface area contributed by atoms with Crippen LogP contribution in [-0.2, 0) is 9.05 Å². The van der Waals surface area contributed by atoms with E-state index in [0.29, 0.717) is 0 Å². The molecule has 1 aromatic rings. The van der Waals surface area contributed by atoms with Gasteiger partial charge in [0.2, 0.25) is 0 Å². The summed E-state index contributed by atoms with van der Waals surface area (Å²) in [5, 5.41) is 8.84. The van der Waals surface area contributed by atoms with Crippen molar-refractivity contribution in [1.82, 2.24) is 0 Å². The zero-order valence-electron chi connectivity index (χ0n) is 8.52. The molecule has 86 valence electrons. The SMILES string of the molecule is COc1cc(S(=O)(=O)Cl)cc(C#N)c1OC. The molecule has 0 aliphatic rings. The van der Waals surface area contributed by atoms with Crippen LogP contribution >= 0.6 is 10.7 Å². The molecule has 1 rings (SSSR count). The van der Waals surface area contributed by atoms with Crippen molar-refractivity contribution >= 4 is 19.7 Å². The largest absolute Gasteiger partial charge is 0.493 e. The lowest BCUT2D eigenvalue weighted by Crippen LogP contribution is -1.98. The fourth-order valence-electron chi connectivity index (χ4n) is 1.16. The van der Waals surface area contributed by atoms with Crippen molar-refractivity contribution in [3.05, 3.63) is 17.7 Å². The van der Waals surface area contributed by atoms with Gasteiger partial charge in [-0.1, -0.05) is 0 Å². The summed E-state index contributed by atoms with van der Waals surface area (Å²) < 4.78 is 32.1. The maximum Gasteiger partial charge on any atom is 0.261 e. The van der Waals surface area contributed by atoms with Crippen LogP contribution in [0.25, 0.3) is 0 Å². The summed E-state index contributed by atoms with van der Waals surface area (Å²) in [5.41, 5.74) is 0.0427. The van der Waals surface area contributed by atoms with Gasteiger partial charge < -0.3 is 9.47 Å². The predicted molar refractivity (Wildman–Crippen MR) is 57.3 cm³/mol. The van der Waals surface area contributed by atoms with Crippen molar-refractivity contribution in [3.63, 3.8) is 0 Å². The van der Waals surface area contributed by atoms with Gasteiger partial charge in [-0.3, -0.25) is 0 Å². The van der Waals surface area contributed by atoms with E-state index >= 15 is 0 Å². The van der Waals surface area contributed by atoms with Gasteiger partial charge in [0.1, 0.15) is 6.07 Å². The number of hydrogen-bond acceptors (Lipinski definition) is 5. The summed E-state index contributed by atoms with van der Waals surface area (Å²) in [6.07, 6.45) is 0. The fraction of sp³-hybridized carbons (Fsp3) is 0.222. The molecule has 0 atom stereocenters. The van der Waals surface area contributed by atoms with Crippen LogP contribution in [0, 0.1) is 11.3 Å². The normalized spacial score (nSPS) is 10.6. The van der Waals surface area contributed by atoms with E-state index in [-0.39, 0.29) is 22.0 Å². The van der Waals surface area contributed by atoms with Crippen molar-refractivity contribution in [2.45, 2.75) is 4.90 Å². The van der Waals surface area contributed by atoms with E-state index in [9.17, 15) is 8.42 Å². The second-order valence-corrected chi connectivity index (χ2v) is 5.32. The number of nitriles is 1. The van der Waals surface area contributed by atoms with Crippen molar-refractivity contribution in [3.8, 4) is 17.6 Å². The molecule has 0 amide bonds. The van der Waals surface area contributed by atoms with E-state index in [2.05, 4.69) is 0 Å². The van der Waals surface area contributed by atoms with Gasteiger partial charge in [-0.25, -0.2) is 8.42 Å². The topological polar surface area (TPSA) is 76.4 Å². The summed E-state index contributed by atoms with van der Waals surface area (Å²) in [6, 6.07) is 4.13. The first-order valence-corrected chi connectivity index (χ1v) is 6.35. The Morgan fingerprint density at radius 3 is 2.31 bits per heavy atom. The molecule has 0 unspecified atom stereocenters. The van der Waals surface area contributed by atoms with Crippen molar-refractivity contribution in [2.75, 3.05) is 14.2 Å². The number of rotatable bonds is 3. The zero-order chi connectivity index (χ0) is 12.3. The molecule has 0 spiro atoms. The van der Waals surface area contributed by atoms with E-state index in [4.69, 9.17) is 25.4 Å². The van der Waals surface area contributed by atoms with E-state index in [1.54, 1.807) is 6.07 Å². The minimum absolute atomic E-state index is 0.0427. The fourth-order valence-corrected chi connectivity index (χ4v) is 1.94. The van der Waals surface area contributed by atoms with Crippen LogP contribution in [0.5, 0.6) is 11.5 Å². The Hall–Kier alpha value is -1.45. The molecule has 16 heavy (non-hydrogen) atoms. The molecule has 5 nitrogen and oxygen atoms in total. The molecule has 0 aromatic heterocycles.